The summed E-state index contributed by atoms with van der Waals surface area (Å²) in [7, 11) is 0. The number of aromatic nitrogens is 2. The van der Waals surface area contributed by atoms with Crippen LogP contribution in [0.25, 0.3) is 6.08 Å². The van der Waals surface area contributed by atoms with E-state index in [1.54, 1.807) is 12.4 Å². The van der Waals surface area contributed by atoms with E-state index in [9.17, 15) is 0 Å². The highest BCUT2D eigenvalue weighted by molar-refractivity contribution is 5.62. The van der Waals surface area contributed by atoms with Gasteiger partial charge < -0.3 is 4.74 Å². The Balaban J connectivity index is 1.53. The molecule has 22 heavy (non-hydrogen) atoms. The minimum absolute atomic E-state index is 0.381. The monoisotopic (exact) mass is 293 g/mol. The van der Waals surface area contributed by atoms with Crippen LogP contribution < -0.4 is 4.74 Å². The maximum atomic E-state index is 5.86. The number of ether oxygens (including phenoxy) is 1. The number of rotatable bonds is 3. The number of likely N-dealkylation sites (tertiary alicyclic amines) is 1. The van der Waals surface area contributed by atoms with Gasteiger partial charge in [-0.2, -0.15) is 0 Å². The standard InChI is InChI=1S/C18H19N3O/c1-2-6-18-15(4-1)10-14(13-22-18)12-21-9-3-5-17(21)16-11-19-7-8-20-16/h1-2,4,6-8,10-11,17H,3,5,9,12-13H2/t17-/m1/s1. The quantitative estimate of drug-likeness (QED) is 0.871. The van der Waals surface area contributed by atoms with Crippen molar-refractivity contribution in [2.45, 2.75) is 18.9 Å². The Kier molecular flexibility index (Phi) is 3.60. The van der Waals surface area contributed by atoms with Gasteiger partial charge >= 0.3 is 0 Å². The number of benzene rings is 1. The second kappa shape index (κ2) is 5.89. The predicted molar refractivity (Wildman–Crippen MR) is 85.5 cm³/mol. The Morgan fingerprint density at radius 3 is 3.09 bits per heavy atom. The molecule has 1 atom stereocenters. The van der Waals surface area contributed by atoms with Crippen molar-refractivity contribution in [3.63, 3.8) is 0 Å². The second-order valence-corrected chi connectivity index (χ2v) is 5.89. The highest BCUT2D eigenvalue weighted by Gasteiger charge is 2.28. The van der Waals surface area contributed by atoms with Gasteiger partial charge in [-0.05, 0) is 37.1 Å². The molecular formula is C18H19N3O. The fourth-order valence-corrected chi connectivity index (χ4v) is 3.35. The van der Waals surface area contributed by atoms with Gasteiger partial charge in [-0.3, -0.25) is 14.9 Å². The molecule has 0 N–H and O–H groups in total. The van der Waals surface area contributed by atoms with Crippen LogP contribution in [-0.4, -0.2) is 34.6 Å². The third kappa shape index (κ3) is 2.62. The van der Waals surface area contributed by atoms with E-state index >= 15 is 0 Å². The Hall–Kier alpha value is -2.20. The first-order valence-corrected chi connectivity index (χ1v) is 7.81. The largest absolute Gasteiger partial charge is 0.489 e. The van der Waals surface area contributed by atoms with Crippen molar-refractivity contribution in [1.29, 1.82) is 0 Å². The van der Waals surface area contributed by atoms with Crippen LogP contribution in [0.1, 0.15) is 30.1 Å². The fourth-order valence-electron chi connectivity index (χ4n) is 3.35. The van der Waals surface area contributed by atoms with Gasteiger partial charge in [0, 0.05) is 30.7 Å². The van der Waals surface area contributed by atoms with Crippen molar-refractivity contribution < 1.29 is 4.74 Å². The van der Waals surface area contributed by atoms with Gasteiger partial charge in [-0.25, -0.2) is 0 Å². The number of hydrogen-bond acceptors (Lipinski definition) is 4. The van der Waals surface area contributed by atoms with Gasteiger partial charge in [0.1, 0.15) is 12.4 Å². The van der Waals surface area contributed by atoms with E-state index in [0.717, 1.165) is 31.0 Å². The van der Waals surface area contributed by atoms with Crippen molar-refractivity contribution in [3.05, 3.63) is 59.7 Å². The molecule has 1 fully saturated rings. The molecule has 4 nitrogen and oxygen atoms in total. The minimum atomic E-state index is 0.381. The molecule has 0 amide bonds. The Morgan fingerprint density at radius 2 is 2.18 bits per heavy atom. The van der Waals surface area contributed by atoms with Crippen molar-refractivity contribution in [2.24, 2.45) is 0 Å². The number of para-hydroxylation sites is 1. The van der Waals surface area contributed by atoms with Crippen LogP contribution in [-0.2, 0) is 0 Å². The van der Waals surface area contributed by atoms with Crippen molar-refractivity contribution in [1.82, 2.24) is 14.9 Å². The molecule has 0 unspecified atom stereocenters. The van der Waals surface area contributed by atoms with Crippen LogP contribution in [0.4, 0.5) is 0 Å². The molecule has 1 saturated heterocycles. The molecule has 0 saturated carbocycles. The van der Waals surface area contributed by atoms with E-state index in [-0.39, 0.29) is 0 Å². The Morgan fingerprint density at radius 1 is 1.23 bits per heavy atom. The van der Waals surface area contributed by atoms with Gasteiger partial charge in [0.15, 0.2) is 0 Å². The Labute approximate surface area is 130 Å². The lowest BCUT2D eigenvalue weighted by Crippen LogP contribution is -2.28. The molecule has 3 heterocycles. The summed E-state index contributed by atoms with van der Waals surface area (Å²) in [5, 5.41) is 0. The summed E-state index contributed by atoms with van der Waals surface area (Å²) in [6, 6.07) is 8.59. The van der Waals surface area contributed by atoms with Crippen LogP contribution in [0.2, 0.25) is 0 Å². The third-order valence-electron chi connectivity index (χ3n) is 4.39. The Bertz CT molecular complexity index is 684. The summed E-state index contributed by atoms with van der Waals surface area (Å²) in [5.74, 6) is 0.984. The molecule has 2 aliphatic rings. The minimum Gasteiger partial charge on any atom is -0.489 e. The molecule has 1 aromatic heterocycles. The van der Waals surface area contributed by atoms with E-state index in [4.69, 9.17) is 4.74 Å². The summed E-state index contributed by atoms with van der Waals surface area (Å²) in [5.41, 5.74) is 3.59. The maximum absolute atomic E-state index is 5.86. The third-order valence-corrected chi connectivity index (χ3v) is 4.39. The highest BCUT2D eigenvalue weighted by Crippen LogP contribution is 2.32. The first-order chi connectivity index (χ1) is 10.9. The normalized spacial score (nSPS) is 21.1. The van der Waals surface area contributed by atoms with E-state index in [1.807, 2.05) is 18.3 Å². The first kappa shape index (κ1) is 13.5. The molecule has 4 rings (SSSR count). The van der Waals surface area contributed by atoms with Gasteiger partial charge in [0.2, 0.25) is 0 Å². The predicted octanol–water partition coefficient (Wildman–Crippen LogP) is 3.09. The molecule has 0 radical (unpaired) electrons. The van der Waals surface area contributed by atoms with Crippen molar-refractivity contribution in [3.8, 4) is 5.75 Å². The van der Waals surface area contributed by atoms with Crippen molar-refractivity contribution >= 4 is 6.08 Å². The van der Waals surface area contributed by atoms with E-state index < -0.39 is 0 Å². The molecule has 4 heteroatoms. The number of fused-ring (bicyclic) bond motifs is 1. The number of nitrogens with zero attached hydrogens (tertiary/aromatic N) is 3. The topological polar surface area (TPSA) is 38.2 Å². The molecule has 0 bridgehead atoms. The van der Waals surface area contributed by atoms with E-state index in [2.05, 4.69) is 33.1 Å². The van der Waals surface area contributed by atoms with Gasteiger partial charge in [-0.1, -0.05) is 18.2 Å². The van der Waals surface area contributed by atoms with E-state index in [0.29, 0.717) is 12.6 Å². The van der Waals surface area contributed by atoms with Crippen LogP contribution in [0.5, 0.6) is 5.75 Å². The number of hydrogen-bond donors (Lipinski definition) is 0. The zero-order valence-corrected chi connectivity index (χ0v) is 12.5. The first-order valence-electron chi connectivity index (χ1n) is 7.81. The average Bonchev–Trinajstić information content (AvgIpc) is 3.04. The summed E-state index contributed by atoms with van der Waals surface area (Å²) in [4.78, 5) is 11.2. The molecule has 1 aromatic carbocycles. The summed E-state index contributed by atoms with van der Waals surface area (Å²) in [6.07, 6.45) is 10.0. The molecule has 2 aromatic rings. The SMILES string of the molecule is C1=C(CN2CCC[C@@H]2c2cnccn2)COc2ccccc21. The lowest BCUT2D eigenvalue weighted by molar-refractivity contribution is 0.256. The van der Waals surface area contributed by atoms with Gasteiger partial charge in [-0.15, -0.1) is 0 Å². The smallest absolute Gasteiger partial charge is 0.127 e. The van der Waals surface area contributed by atoms with Crippen LogP contribution >= 0.6 is 0 Å². The van der Waals surface area contributed by atoms with Crippen molar-refractivity contribution in [2.75, 3.05) is 19.7 Å². The summed E-state index contributed by atoms with van der Waals surface area (Å²) in [6.45, 7) is 2.73. The van der Waals surface area contributed by atoms with Crippen LogP contribution in [0, 0.1) is 0 Å². The maximum Gasteiger partial charge on any atom is 0.127 e. The van der Waals surface area contributed by atoms with Gasteiger partial charge in [0.25, 0.3) is 0 Å². The fraction of sp³-hybridized carbons (Fsp3) is 0.333. The van der Waals surface area contributed by atoms with Crippen LogP contribution in [0.15, 0.2) is 48.4 Å². The molecular weight excluding hydrogens is 274 g/mol. The second-order valence-electron chi connectivity index (χ2n) is 5.89. The summed E-state index contributed by atoms with van der Waals surface area (Å²) >= 11 is 0. The summed E-state index contributed by atoms with van der Waals surface area (Å²) < 4.78 is 5.86. The van der Waals surface area contributed by atoms with E-state index in [1.165, 1.54) is 17.6 Å². The van der Waals surface area contributed by atoms with Crippen LogP contribution in [0.3, 0.4) is 0 Å². The zero-order valence-electron chi connectivity index (χ0n) is 12.5. The molecule has 112 valence electrons. The molecule has 2 aliphatic heterocycles. The lowest BCUT2D eigenvalue weighted by Gasteiger charge is -2.27. The van der Waals surface area contributed by atoms with Gasteiger partial charge in [0.05, 0.1) is 11.7 Å². The molecule has 0 aliphatic carbocycles. The lowest BCUT2D eigenvalue weighted by atomic mass is 10.1. The highest BCUT2D eigenvalue weighted by atomic mass is 16.5. The average molecular weight is 293 g/mol. The zero-order chi connectivity index (χ0) is 14.8. The molecule has 0 spiro atoms.